The Hall–Kier alpha value is -2.11. The predicted octanol–water partition coefficient (Wildman–Crippen LogP) is 2.89. The summed E-state index contributed by atoms with van der Waals surface area (Å²) in [5.74, 6) is 0.872. The number of hydrogen-bond donors (Lipinski definition) is 2. The van der Waals surface area contributed by atoms with Crippen LogP contribution in [0.5, 0.6) is 0 Å². The van der Waals surface area contributed by atoms with Crippen molar-refractivity contribution >= 4 is 17.6 Å². The van der Waals surface area contributed by atoms with Crippen LogP contribution >= 0.6 is 11.6 Å². The molecule has 0 unspecified atom stereocenters. The molecule has 2 N–H and O–H groups in total. The molecule has 144 valence electrons. The van der Waals surface area contributed by atoms with Gasteiger partial charge >= 0.3 is 0 Å². The Morgan fingerprint density at radius 1 is 1.19 bits per heavy atom. The highest BCUT2D eigenvalue weighted by Gasteiger charge is 2.14. The Morgan fingerprint density at radius 2 is 2.04 bits per heavy atom. The summed E-state index contributed by atoms with van der Waals surface area (Å²) in [5, 5.41) is 7.24. The maximum absolute atomic E-state index is 5.83. The van der Waals surface area contributed by atoms with Crippen LogP contribution in [0.2, 0.25) is 5.15 Å². The van der Waals surface area contributed by atoms with Crippen molar-refractivity contribution < 1.29 is 0 Å². The average Bonchev–Trinajstić information content (AvgIpc) is 2.69. The second kappa shape index (κ2) is 10.3. The van der Waals surface area contributed by atoms with E-state index in [9.17, 15) is 0 Å². The Bertz CT molecular complexity index is 744. The van der Waals surface area contributed by atoms with Crippen molar-refractivity contribution in [2.45, 2.75) is 26.3 Å². The van der Waals surface area contributed by atoms with E-state index in [1.54, 1.807) is 0 Å². The van der Waals surface area contributed by atoms with Crippen LogP contribution in [0.25, 0.3) is 0 Å². The molecule has 27 heavy (non-hydrogen) atoms. The molecule has 0 aliphatic carbocycles. The summed E-state index contributed by atoms with van der Waals surface area (Å²) in [6.45, 7) is 7.66. The minimum absolute atomic E-state index is 0.530. The van der Waals surface area contributed by atoms with Gasteiger partial charge in [0.1, 0.15) is 5.15 Å². The van der Waals surface area contributed by atoms with Gasteiger partial charge in [-0.3, -0.25) is 9.89 Å². The molecule has 1 aliphatic rings. The van der Waals surface area contributed by atoms with Gasteiger partial charge in [-0.05, 0) is 42.5 Å². The molecule has 0 amide bonds. The number of fused-ring (bicyclic) bond motifs is 1. The molecule has 0 spiro atoms. The van der Waals surface area contributed by atoms with Crippen LogP contribution in [-0.2, 0) is 19.4 Å². The fourth-order valence-electron chi connectivity index (χ4n) is 3.27. The number of nitrogens with zero attached hydrogens (tertiary/aromatic N) is 3. The van der Waals surface area contributed by atoms with Gasteiger partial charge < -0.3 is 10.6 Å². The highest BCUT2D eigenvalue weighted by Crippen LogP contribution is 2.17. The molecule has 0 saturated carbocycles. The third-order valence-electron chi connectivity index (χ3n) is 4.73. The molecule has 3 rings (SSSR count). The van der Waals surface area contributed by atoms with Crippen molar-refractivity contribution in [3.05, 3.63) is 64.4 Å². The van der Waals surface area contributed by atoms with Crippen molar-refractivity contribution in [1.82, 2.24) is 20.5 Å². The van der Waals surface area contributed by atoms with Crippen LogP contribution in [0, 0.1) is 0 Å². The number of nitrogens with one attached hydrogen (secondary N) is 2. The maximum Gasteiger partial charge on any atom is 0.191 e. The molecule has 0 fully saturated rings. The van der Waals surface area contributed by atoms with Gasteiger partial charge in [-0.25, -0.2) is 4.98 Å². The third-order valence-corrected chi connectivity index (χ3v) is 4.96. The number of benzene rings is 1. The molecule has 1 aromatic carbocycles. The fourth-order valence-corrected chi connectivity index (χ4v) is 3.38. The van der Waals surface area contributed by atoms with Crippen LogP contribution in [0.4, 0.5) is 0 Å². The maximum atomic E-state index is 5.83. The van der Waals surface area contributed by atoms with E-state index >= 15 is 0 Å². The van der Waals surface area contributed by atoms with Crippen molar-refractivity contribution in [3.8, 4) is 0 Å². The number of hydrogen-bond acceptors (Lipinski definition) is 3. The second-order valence-electron chi connectivity index (χ2n) is 6.72. The standard InChI is InChI=1S/C21H28ClN5/c1-2-23-21(24-11-9-17-7-8-20(22)26-15-17)25-12-14-27-13-10-18-5-3-4-6-19(18)16-27/h3-8,15H,2,9-14,16H2,1H3,(H2,23,24,25). The third kappa shape index (κ3) is 6.22. The van der Waals surface area contributed by atoms with Gasteiger partial charge in [-0.1, -0.05) is 41.9 Å². The Balaban J connectivity index is 1.44. The Labute approximate surface area is 166 Å². The number of halogens is 1. The van der Waals surface area contributed by atoms with E-state index < -0.39 is 0 Å². The lowest BCUT2D eigenvalue weighted by molar-refractivity contribution is 0.261. The normalized spacial score (nSPS) is 14.7. The largest absolute Gasteiger partial charge is 0.357 e. The molecule has 0 atom stereocenters. The second-order valence-corrected chi connectivity index (χ2v) is 7.11. The first-order valence-corrected chi connectivity index (χ1v) is 10.0. The average molecular weight is 386 g/mol. The van der Waals surface area contributed by atoms with E-state index in [1.165, 1.54) is 11.1 Å². The summed E-state index contributed by atoms with van der Waals surface area (Å²) < 4.78 is 0. The molecule has 0 bridgehead atoms. The van der Waals surface area contributed by atoms with E-state index in [-0.39, 0.29) is 0 Å². The summed E-state index contributed by atoms with van der Waals surface area (Å²) in [4.78, 5) is 11.3. The number of guanidine groups is 1. The minimum Gasteiger partial charge on any atom is -0.357 e. The summed E-state index contributed by atoms with van der Waals surface area (Å²) in [6, 6.07) is 12.6. The number of aromatic nitrogens is 1. The summed E-state index contributed by atoms with van der Waals surface area (Å²) in [6.07, 6.45) is 3.84. The van der Waals surface area contributed by atoms with E-state index in [4.69, 9.17) is 16.6 Å². The summed E-state index contributed by atoms with van der Waals surface area (Å²) in [5.41, 5.74) is 4.10. The smallest absolute Gasteiger partial charge is 0.191 e. The topological polar surface area (TPSA) is 52.6 Å². The lowest BCUT2D eigenvalue weighted by Gasteiger charge is -2.28. The van der Waals surface area contributed by atoms with E-state index in [2.05, 4.69) is 51.7 Å². The van der Waals surface area contributed by atoms with Gasteiger partial charge in [0.2, 0.25) is 0 Å². The van der Waals surface area contributed by atoms with Crippen LogP contribution in [-0.4, -0.2) is 48.6 Å². The lowest BCUT2D eigenvalue weighted by atomic mass is 10.0. The van der Waals surface area contributed by atoms with E-state index in [0.29, 0.717) is 5.15 Å². The zero-order chi connectivity index (χ0) is 18.9. The first kappa shape index (κ1) is 19.6. The molecular formula is C21H28ClN5. The van der Waals surface area contributed by atoms with Gasteiger partial charge in [-0.15, -0.1) is 0 Å². The van der Waals surface area contributed by atoms with E-state index in [0.717, 1.165) is 63.6 Å². The lowest BCUT2D eigenvalue weighted by Crippen LogP contribution is -2.39. The summed E-state index contributed by atoms with van der Waals surface area (Å²) >= 11 is 5.83. The quantitative estimate of drug-likeness (QED) is 0.437. The highest BCUT2D eigenvalue weighted by atomic mass is 35.5. The number of aliphatic imine (C=N–C) groups is 1. The molecule has 0 radical (unpaired) electrons. The number of pyridine rings is 1. The molecular weight excluding hydrogens is 358 g/mol. The predicted molar refractivity (Wildman–Crippen MR) is 112 cm³/mol. The first-order valence-electron chi connectivity index (χ1n) is 9.66. The summed E-state index contributed by atoms with van der Waals surface area (Å²) in [7, 11) is 0. The van der Waals surface area contributed by atoms with Gasteiger partial charge in [0.05, 0.1) is 6.54 Å². The molecule has 5 nitrogen and oxygen atoms in total. The molecule has 1 aliphatic heterocycles. The molecule has 6 heteroatoms. The monoisotopic (exact) mass is 385 g/mol. The molecule has 2 heterocycles. The van der Waals surface area contributed by atoms with Crippen LogP contribution in [0.1, 0.15) is 23.6 Å². The van der Waals surface area contributed by atoms with Crippen molar-refractivity contribution in [1.29, 1.82) is 0 Å². The van der Waals surface area contributed by atoms with E-state index in [1.807, 2.05) is 18.3 Å². The van der Waals surface area contributed by atoms with Gasteiger partial charge in [0, 0.05) is 38.9 Å². The SMILES string of the molecule is CCNC(=NCCN1CCc2ccccc2C1)NCCc1ccc(Cl)nc1. The zero-order valence-electron chi connectivity index (χ0n) is 15.9. The zero-order valence-corrected chi connectivity index (χ0v) is 16.7. The van der Waals surface area contributed by atoms with Gasteiger partial charge in [-0.2, -0.15) is 0 Å². The van der Waals surface area contributed by atoms with Crippen LogP contribution in [0.3, 0.4) is 0 Å². The Kier molecular flexibility index (Phi) is 7.48. The van der Waals surface area contributed by atoms with Crippen LogP contribution < -0.4 is 10.6 Å². The van der Waals surface area contributed by atoms with Crippen molar-refractivity contribution in [2.75, 3.05) is 32.7 Å². The molecule has 0 saturated heterocycles. The van der Waals surface area contributed by atoms with Gasteiger partial charge in [0.25, 0.3) is 0 Å². The minimum atomic E-state index is 0.530. The first-order chi connectivity index (χ1) is 13.2. The fraction of sp³-hybridized carbons (Fsp3) is 0.429. The highest BCUT2D eigenvalue weighted by molar-refractivity contribution is 6.29. The van der Waals surface area contributed by atoms with Crippen LogP contribution in [0.15, 0.2) is 47.6 Å². The van der Waals surface area contributed by atoms with Gasteiger partial charge in [0.15, 0.2) is 5.96 Å². The van der Waals surface area contributed by atoms with Crippen molar-refractivity contribution in [3.63, 3.8) is 0 Å². The Morgan fingerprint density at radius 3 is 2.81 bits per heavy atom. The molecule has 2 aromatic rings. The molecule has 1 aromatic heterocycles. The number of rotatable bonds is 7. The van der Waals surface area contributed by atoms with Crippen molar-refractivity contribution in [2.24, 2.45) is 4.99 Å².